The summed E-state index contributed by atoms with van der Waals surface area (Å²) in [5.74, 6) is -0.818. The van der Waals surface area contributed by atoms with Gasteiger partial charge in [0.25, 0.3) is 0 Å². The molecule has 18 heavy (non-hydrogen) atoms. The fourth-order valence-corrected chi connectivity index (χ4v) is 1.31. The van der Waals surface area contributed by atoms with Crippen LogP contribution in [0, 0.1) is 0 Å². The van der Waals surface area contributed by atoms with Crippen LogP contribution in [0.3, 0.4) is 0 Å². The average Bonchev–Trinajstić information content (AvgIpc) is 2.33. The summed E-state index contributed by atoms with van der Waals surface area (Å²) in [7, 11) is 0. The number of allylic oxidation sites excluding steroid dienone is 2. The van der Waals surface area contributed by atoms with Gasteiger partial charge in [-0.2, -0.15) is 0 Å². The molecule has 0 aromatic carbocycles. The van der Waals surface area contributed by atoms with Gasteiger partial charge in [-0.15, -0.1) is 0 Å². The van der Waals surface area contributed by atoms with Crippen molar-refractivity contribution in [2.75, 3.05) is 6.61 Å². The van der Waals surface area contributed by atoms with E-state index in [1.807, 2.05) is 0 Å². The third kappa shape index (κ3) is 8.56. The third-order valence-corrected chi connectivity index (χ3v) is 2.18. The van der Waals surface area contributed by atoms with Crippen LogP contribution in [-0.2, 0) is 19.1 Å². The molecule has 0 fully saturated rings. The van der Waals surface area contributed by atoms with Gasteiger partial charge in [0.1, 0.15) is 12.7 Å². The maximum absolute atomic E-state index is 11.3. The molecule has 0 aromatic rings. The number of esters is 2. The molecule has 0 amide bonds. The maximum atomic E-state index is 11.3. The molecule has 0 aliphatic carbocycles. The van der Waals surface area contributed by atoms with E-state index in [1.165, 1.54) is 12.2 Å². The van der Waals surface area contributed by atoms with Crippen LogP contribution in [0.25, 0.3) is 0 Å². The molecule has 0 spiro atoms. The van der Waals surface area contributed by atoms with E-state index in [1.54, 1.807) is 26.0 Å². The van der Waals surface area contributed by atoms with Crippen molar-refractivity contribution in [3.63, 3.8) is 0 Å². The zero-order chi connectivity index (χ0) is 13.8. The Labute approximate surface area is 109 Å². The van der Waals surface area contributed by atoms with Crippen molar-refractivity contribution < 1.29 is 19.1 Å². The second-order valence-corrected chi connectivity index (χ2v) is 3.83. The topological polar surface area (TPSA) is 52.6 Å². The molecule has 0 heterocycles. The predicted molar refractivity (Wildman–Crippen MR) is 70.0 cm³/mol. The quantitative estimate of drug-likeness (QED) is 0.493. The first-order valence-corrected chi connectivity index (χ1v) is 6.26. The molecule has 0 bridgehead atoms. The average molecular weight is 254 g/mol. The van der Waals surface area contributed by atoms with Crippen LogP contribution in [0.1, 0.15) is 40.0 Å². The first-order valence-electron chi connectivity index (χ1n) is 6.26. The molecule has 0 radical (unpaired) electrons. The number of rotatable bonds is 8. The summed E-state index contributed by atoms with van der Waals surface area (Å²) in [5, 5.41) is 0. The zero-order valence-electron chi connectivity index (χ0n) is 11.3. The molecule has 0 aromatic heterocycles. The van der Waals surface area contributed by atoms with Gasteiger partial charge in [0.15, 0.2) is 0 Å². The molecule has 0 aliphatic heterocycles. The van der Waals surface area contributed by atoms with Crippen LogP contribution in [-0.4, -0.2) is 24.6 Å². The summed E-state index contributed by atoms with van der Waals surface area (Å²) < 4.78 is 10.2. The molecule has 0 rings (SSSR count). The Morgan fingerprint density at radius 3 is 2.28 bits per heavy atom. The molecule has 1 unspecified atom stereocenters. The number of carbonyl (C=O) groups excluding carboxylic acids is 2. The van der Waals surface area contributed by atoms with Crippen molar-refractivity contribution in [1.82, 2.24) is 0 Å². The van der Waals surface area contributed by atoms with Crippen molar-refractivity contribution in [3.8, 4) is 0 Å². The van der Waals surface area contributed by atoms with E-state index >= 15 is 0 Å². The first kappa shape index (κ1) is 16.4. The van der Waals surface area contributed by atoms with E-state index in [9.17, 15) is 9.59 Å². The lowest BCUT2D eigenvalue weighted by molar-refractivity contribution is -0.153. The molecule has 0 N–H and O–H groups in total. The van der Waals surface area contributed by atoms with Crippen LogP contribution in [0.5, 0.6) is 0 Å². The summed E-state index contributed by atoms with van der Waals surface area (Å²) in [5.41, 5.74) is 0. The predicted octanol–water partition coefficient (Wildman–Crippen LogP) is 2.78. The lowest BCUT2D eigenvalue weighted by Gasteiger charge is -2.16. The molecule has 4 heteroatoms. The van der Waals surface area contributed by atoms with Gasteiger partial charge in [0.05, 0.1) is 0 Å². The standard InChI is InChI=1S/C14H22O4/c1-4-7-10-12(18-14(16)9-6-3)11-17-13(15)8-5-2/h5-6,8-9,12H,4,7,10-11H2,1-3H3. The van der Waals surface area contributed by atoms with E-state index in [2.05, 4.69) is 6.92 Å². The minimum absolute atomic E-state index is 0.104. The molecule has 4 nitrogen and oxygen atoms in total. The van der Waals surface area contributed by atoms with E-state index in [0.717, 1.165) is 12.8 Å². The number of hydrogen-bond acceptors (Lipinski definition) is 4. The highest BCUT2D eigenvalue weighted by Gasteiger charge is 2.14. The number of unbranched alkanes of at least 4 members (excludes halogenated alkanes) is 1. The van der Waals surface area contributed by atoms with Crippen molar-refractivity contribution >= 4 is 11.9 Å². The summed E-state index contributed by atoms with van der Waals surface area (Å²) in [4.78, 5) is 22.5. The molecule has 0 saturated heterocycles. The van der Waals surface area contributed by atoms with Gasteiger partial charge in [0, 0.05) is 12.2 Å². The Morgan fingerprint density at radius 1 is 1.11 bits per heavy atom. The second kappa shape index (κ2) is 10.6. The van der Waals surface area contributed by atoms with Crippen LogP contribution in [0.4, 0.5) is 0 Å². The maximum Gasteiger partial charge on any atom is 0.330 e. The molecule has 1 atom stereocenters. The van der Waals surface area contributed by atoms with Gasteiger partial charge in [0.2, 0.25) is 0 Å². The smallest absolute Gasteiger partial charge is 0.330 e. The van der Waals surface area contributed by atoms with Crippen molar-refractivity contribution in [2.24, 2.45) is 0 Å². The minimum Gasteiger partial charge on any atom is -0.459 e. The fraction of sp³-hybridized carbons (Fsp3) is 0.571. The number of carbonyl (C=O) groups is 2. The Kier molecular flexibility index (Phi) is 9.64. The SMILES string of the molecule is CC=CC(=O)OCC(CCCC)OC(=O)C=CC. The lowest BCUT2D eigenvalue weighted by Crippen LogP contribution is -2.24. The van der Waals surface area contributed by atoms with Gasteiger partial charge in [-0.3, -0.25) is 0 Å². The zero-order valence-corrected chi connectivity index (χ0v) is 11.3. The van der Waals surface area contributed by atoms with Crippen LogP contribution < -0.4 is 0 Å². The minimum atomic E-state index is -0.416. The summed E-state index contributed by atoms with van der Waals surface area (Å²) in [6, 6.07) is 0. The highest BCUT2D eigenvalue weighted by atomic mass is 16.6. The first-order chi connectivity index (χ1) is 8.63. The van der Waals surface area contributed by atoms with E-state index in [0.29, 0.717) is 6.42 Å². The summed E-state index contributed by atoms with van der Waals surface area (Å²) in [6.45, 7) is 5.64. The van der Waals surface area contributed by atoms with Gasteiger partial charge < -0.3 is 9.47 Å². The second-order valence-electron chi connectivity index (χ2n) is 3.83. The Morgan fingerprint density at radius 2 is 1.72 bits per heavy atom. The third-order valence-electron chi connectivity index (χ3n) is 2.18. The van der Waals surface area contributed by atoms with Gasteiger partial charge in [-0.25, -0.2) is 9.59 Å². The lowest BCUT2D eigenvalue weighted by atomic mass is 10.2. The van der Waals surface area contributed by atoms with Crippen molar-refractivity contribution in [2.45, 2.75) is 46.1 Å². The van der Waals surface area contributed by atoms with Crippen LogP contribution in [0.15, 0.2) is 24.3 Å². The highest BCUT2D eigenvalue weighted by molar-refractivity contribution is 5.82. The molecule has 0 aliphatic rings. The molecule has 102 valence electrons. The Bertz CT molecular complexity index is 305. The number of hydrogen-bond donors (Lipinski definition) is 0. The molecular formula is C14H22O4. The number of ether oxygens (including phenoxy) is 2. The van der Waals surface area contributed by atoms with Gasteiger partial charge >= 0.3 is 11.9 Å². The highest BCUT2D eigenvalue weighted by Crippen LogP contribution is 2.07. The van der Waals surface area contributed by atoms with Gasteiger partial charge in [-0.1, -0.05) is 25.5 Å². The monoisotopic (exact) mass is 254 g/mol. The Hall–Kier alpha value is -1.58. The van der Waals surface area contributed by atoms with E-state index < -0.39 is 11.9 Å². The molecule has 0 saturated carbocycles. The summed E-state index contributed by atoms with van der Waals surface area (Å²) in [6.07, 6.45) is 8.17. The largest absolute Gasteiger partial charge is 0.459 e. The Balaban J connectivity index is 4.21. The van der Waals surface area contributed by atoms with E-state index in [-0.39, 0.29) is 12.7 Å². The van der Waals surface area contributed by atoms with Gasteiger partial charge in [-0.05, 0) is 26.7 Å². The van der Waals surface area contributed by atoms with E-state index in [4.69, 9.17) is 9.47 Å². The van der Waals surface area contributed by atoms with Crippen LogP contribution in [0.2, 0.25) is 0 Å². The summed E-state index contributed by atoms with van der Waals surface area (Å²) >= 11 is 0. The van der Waals surface area contributed by atoms with Crippen molar-refractivity contribution in [1.29, 1.82) is 0 Å². The fourth-order valence-electron chi connectivity index (χ4n) is 1.31. The normalized spacial score (nSPS) is 12.8. The molecular weight excluding hydrogens is 232 g/mol. The van der Waals surface area contributed by atoms with Crippen molar-refractivity contribution in [3.05, 3.63) is 24.3 Å². The van der Waals surface area contributed by atoms with Crippen LogP contribution >= 0.6 is 0 Å².